The van der Waals surface area contributed by atoms with Gasteiger partial charge >= 0.3 is 0 Å². The van der Waals surface area contributed by atoms with Gasteiger partial charge in [0.1, 0.15) is 21.9 Å². The molecule has 2 aliphatic rings. The summed E-state index contributed by atoms with van der Waals surface area (Å²) < 4.78 is 15.8. The van der Waals surface area contributed by atoms with Gasteiger partial charge in [-0.1, -0.05) is 23.2 Å². The molecule has 1 aromatic carbocycles. The van der Waals surface area contributed by atoms with Crippen LogP contribution in [0.2, 0.25) is 0 Å². The molecule has 1 aliphatic heterocycles. The van der Waals surface area contributed by atoms with E-state index in [1.54, 1.807) is 7.11 Å². The van der Waals surface area contributed by atoms with Gasteiger partial charge in [-0.3, -0.25) is 0 Å². The van der Waals surface area contributed by atoms with Crippen molar-refractivity contribution in [2.45, 2.75) is 29.6 Å². The fourth-order valence-electron chi connectivity index (χ4n) is 2.33. The lowest BCUT2D eigenvalue weighted by Crippen LogP contribution is -2.26. The molecule has 5 heteroatoms. The van der Waals surface area contributed by atoms with E-state index in [4.69, 9.17) is 37.4 Å². The van der Waals surface area contributed by atoms with E-state index < -0.39 is 4.33 Å². The number of halogens is 2. The van der Waals surface area contributed by atoms with Gasteiger partial charge in [-0.05, 0) is 30.7 Å². The monoisotopic (exact) mass is 288 g/mol. The highest BCUT2D eigenvalue weighted by Crippen LogP contribution is 2.60. The maximum Gasteiger partial charge on any atom is 0.200 e. The molecule has 2 fully saturated rings. The molecule has 0 amide bonds. The Balaban J connectivity index is 1.60. The first-order valence-corrected chi connectivity index (χ1v) is 6.71. The van der Waals surface area contributed by atoms with Crippen LogP contribution in [0.1, 0.15) is 12.8 Å². The van der Waals surface area contributed by atoms with E-state index in [2.05, 4.69) is 0 Å². The van der Waals surface area contributed by atoms with Gasteiger partial charge in [-0.2, -0.15) is 0 Å². The second-order valence-electron chi connectivity index (χ2n) is 4.64. The van der Waals surface area contributed by atoms with Crippen LogP contribution in [-0.2, 0) is 4.74 Å². The fraction of sp³-hybridized carbons (Fsp3) is 0.538. The van der Waals surface area contributed by atoms with E-state index in [1.807, 2.05) is 24.3 Å². The summed E-state index contributed by atoms with van der Waals surface area (Å²) in [5.41, 5.74) is 0. The molecular formula is C13H14Cl2O3. The van der Waals surface area contributed by atoms with Crippen molar-refractivity contribution in [2.24, 2.45) is 5.92 Å². The van der Waals surface area contributed by atoms with Crippen LogP contribution in [0.15, 0.2) is 24.3 Å². The summed E-state index contributed by atoms with van der Waals surface area (Å²) in [4.78, 5) is 0. The van der Waals surface area contributed by atoms with Gasteiger partial charge in [-0.15, -0.1) is 0 Å². The van der Waals surface area contributed by atoms with Gasteiger partial charge in [0.25, 0.3) is 0 Å². The van der Waals surface area contributed by atoms with Gasteiger partial charge in [0.15, 0.2) is 6.29 Å². The largest absolute Gasteiger partial charge is 0.497 e. The molecule has 3 nitrogen and oxygen atoms in total. The lowest BCUT2D eigenvalue weighted by atomic mass is 10.2. The Labute approximate surface area is 116 Å². The van der Waals surface area contributed by atoms with Crippen LogP contribution in [0.25, 0.3) is 0 Å². The van der Waals surface area contributed by atoms with E-state index in [-0.39, 0.29) is 18.3 Å². The first-order valence-electron chi connectivity index (χ1n) is 5.95. The number of hydrogen-bond donors (Lipinski definition) is 0. The van der Waals surface area contributed by atoms with Gasteiger partial charge in [-0.25, -0.2) is 0 Å². The summed E-state index contributed by atoms with van der Waals surface area (Å²) in [7, 11) is 1.63. The third-order valence-electron chi connectivity index (χ3n) is 3.47. The van der Waals surface area contributed by atoms with Gasteiger partial charge < -0.3 is 14.2 Å². The van der Waals surface area contributed by atoms with Crippen LogP contribution < -0.4 is 9.47 Å². The molecule has 1 aromatic rings. The molecule has 3 rings (SSSR count). The van der Waals surface area contributed by atoms with Crippen molar-refractivity contribution in [3.63, 3.8) is 0 Å². The van der Waals surface area contributed by atoms with Crippen LogP contribution in [0.4, 0.5) is 0 Å². The van der Waals surface area contributed by atoms with Crippen LogP contribution >= 0.6 is 23.2 Å². The minimum Gasteiger partial charge on any atom is -0.497 e. The molecule has 3 unspecified atom stereocenters. The van der Waals surface area contributed by atoms with E-state index in [0.29, 0.717) is 0 Å². The molecule has 1 saturated carbocycles. The highest BCUT2D eigenvalue weighted by Gasteiger charge is 2.66. The standard InChI is InChI=1S/C13H14Cl2O3/c1-16-8-2-4-9(5-3-8)17-11-7-6-10-12(18-11)13(10,14)15/h2-5,10-12H,6-7H2,1H3. The summed E-state index contributed by atoms with van der Waals surface area (Å²) >= 11 is 12.2. The second kappa shape index (κ2) is 4.48. The molecular weight excluding hydrogens is 275 g/mol. The topological polar surface area (TPSA) is 27.7 Å². The predicted octanol–water partition coefficient (Wildman–Crippen LogP) is 3.38. The van der Waals surface area contributed by atoms with E-state index in [0.717, 1.165) is 24.3 Å². The van der Waals surface area contributed by atoms with Gasteiger partial charge in [0.05, 0.1) is 7.11 Å². The molecule has 0 radical (unpaired) electrons. The van der Waals surface area contributed by atoms with Crippen molar-refractivity contribution < 1.29 is 14.2 Å². The lowest BCUT2D eigenvalue weighted by molar-refractivity contribution is -0.115. The smallest absolute Gasteiger partial charge is 0.200 e. The summed E-state index contributed by atoms with van der Waals surface area (Å²) in [6.07, 6.45) is 1.41. The lowest BCUT2D eigenvalue weighted by Gasteiger charge is -2.22. The van der Waals surface area contributed by atoms with Crippen LogP contribution in [-0.4, -0.2) is 23.8 Å². The van der Waals surface area contributed by atoms with Crippen molar-refractivity contribution in [3.8, 4) is 11.5 Å². The van der Waals surface area contributed by atoms with Crippen LogP contribution in [0.5, 0.6) is 11.5 Å². The molecule has 0 aromatic heterocycles. The van der Waals surface area contributed by atoms with Crippen molar-refractivity contribution in [1.82, 2.24) is 0 Å². The number of hydrogen-bond acceptors (Lipinski definition) is 3. The number of methoxy groups -OCH3 is 1. The summed E-state index contributed by atoms with van der Waals surface area (Å²) in [6, 6.07) is 7.42. The van der Waals surface area contributed by atoms with Crippen molar-refractivity contribution in [2.75, 3.05) is 7.11 Å². The Kier molecular flexibility index (Phi) is 3.08. The SMILES string of the molecule is COc1ccc(OC2CCC3C(O2)C3(Cl)Cl)cc1. The normalized spacial score (nSPS) is 32.5. The average molecular weight is 289 g/mol. The zero-order valence-corrected chi connectivity index (χ0v) is 11.4. The Morgan fingerprint density at radius 1 is 1.17 bits per heavy atom. The summed E-state index contributed by atoms with van der Waals surface area (Å²) in [6.45, 7) is 0. The number of ether oxygens (including phenoxy) is 3. The Hall–Kier alpha value is -0.640. The minimum atomic E-state index is -0.710. The maximum atomic E-state index is 6.09. The van der Waals surface area contributed by atoms with Gasteiger partial charge in [0, 0.05) is 12.3 Å². The zero-order chi connectivity index (χ0) is 12.8. The molecule has 1 saturated heterocycles. The summed E-state index contributed by atoms with van der Waals surface area (Å²) in [5.74, 6) is 1.82. The van der Waals surface area contributed by atoms with E-state index >= 15 is 0 Å². The highest BCUT2D eigenvalue weighted by molar-refractivity contribution is 6.51. The Morgan fingerprint density at radius 2 is 1.83 bits per heavy atom. The second-order valence-corrected chi connectivity index (χ2v) is 6.08. The van der Waals surface area contributed by atoms with Crippen molar-refractivity contribution >= 4 is 23.2 Å². The third-order valence-corrected chi connectivity index (χ3v) is 4.46. The Bertz CT molecular complexity index is 432. The number of alkyl halides is 2. The summed E-state index contributed by atoms with van der Waals surface area (Å²) in [5, 5.41) is 0. The highest BCUT2D eigenvalue weighted by atomic mass is 35.5. The minimum absolute atomic E-state index is 0.0853. The molecule has 0 spiro atoms. The van der Waals surface area contributed by atoms with E-state index in [9.17, 15) is 0 Å². The van der Waals surface area contributed by atoms with Crippen molar-refractivity contribution in [1.29, 1.82) is 0 Å². The average Bonchev–Trinajstić information content (AvgIpc) is 2.92. The molecule has 3 atom stereocenters. The van der Waals surface area contributed by atoms with Crippen molar-refractivity contribution in [3.05, 3.63) is 24.3 Å². The third kappa shape index (κ3) is 2.15. The quantitative estimate of drug-likeness (QED) is 0.798. The molecule has 98 valence electrons. The van der Waals surface area contributed by atoms with Gasteiger partial charge in [0.2, 0.25) is 0 Å². The fourth-order valence-corrected chi connectivity index (χ4v) is 3.06. The molecule has 1 aliphatic carbocycles. The first-order chi connectivity index (χ1) is 8.61. The first kappa shape index (κ1) is 12.4. The predicted molar refractivity (Wildman–Crippen MR) is 69.4 cm³/mol. The molecule has 18 heavy (non-hydrogen) atoms. The number of fused-ring (bicyclic) bond motifs is 1. The zero-order valence-electron chi connectivity index (χ0n) is 9.94. The van der Waals surface area contributed by atoms with Crippen LogP contribution in [0.3, 0.4) is 0 Å². The number of benzene rings is 1. The molecule has 1 heterocycles. The maximum absolute atomic E-state index is 6.09. The Morgan fingerprint density at radius 3 is 2.44 bits per heavy atom. The van der Waals surface area contributed by atoms with E-state index in [1.165, 1.54) is 0 Å². The number of rotatable bonds is 3. The van der Waals surface area contributed by atoms with Crippen LogP contribution in [0, 0.1) is 5.92 Å². The molecule has 0 N–H and O–H groups in total. The molecule has 0 bridgehead atoms.